The van der Waals surface area contributed by atoms with E-state index in [4.69, 9.17) is 23.7 Å². The summed E-state index contributed by atoms with van der Waals surface area (Å²) in [6.45, 7) is 12.8. The maximum absolute atomic E-state index is 11.0. The van der Waals surface area contributed by atoms with E-state index in [1.807, 2.05) is 0 Å². The quantitative estimate of drug-likeness (QED) is 0.456. The van der Waals surface area contributed by atoms with Crippen molar-refractivity contribution in [2.75, 3.05) is 0 Å². The smallest absolute Gasteiger partial charge is 0.287 e. The summed E-state index contributed by atoms with van der Waals surface area (Å²) in [4.78, 5) is 27.1. The zero-order chi connectivity index (χ0) is 11.1. The zero-order valence-electron chi connectivity index (χ0n) is 6.76. The summed E-state index contributed by atoms with van der Waals surface area (Å²) >= 11 is 0. The first-order valence-corrected chi connectivity index (χ1v) is 3.22. The Labute approximate surface area is 79.6 Å². The molecule has 0 bridgehead atoms. The molecule has 0 spiro atoms. The molecule has 0 aliphatic carbocycles. The Morgan fingerprint density at radius 2 is 1.50 bits per heavy atom. The molecule has 0 aliphatic rings. The average molecular weight is 186 g/mol. The van der Waals surface area contributed by atoms with E-state index in [2.05, 4.69) is 9.69 Å². The Hall–Kier alpha value is -2.70. The van der Waals surface area contributed by atoms with Crippen LogP contribution >= 0.6 is 0 Å². The Kier molecular flexibility index (Phi) is 4.06. The molecule has 0 aromatic carbocycles. The van der Waals surface area contributed by atoms with E-state index in [-0.39, 0.29) is 0 Å². The number of hydrogen-bond acceptors (Lipinski definition) is 4. The van der Waals surface area contributed by atoms with Crippen molar-refractivity contribution >= 4 is 11.6 Å². The summed E-state index contributed by atoms with van der Waals surface area (Å²) in [6, 6.07) is 2.60. The summed E-state index contributed by atoms with van der Waals surface area (Å²) in [7, 11) is 0. The van der Waals surface area contributed by atoms with Crippen LogP contribution in [0.1, 0.15) is 0 Å². The van der Waals surface area contributed by atoms with Gasteiger partial charge in [-0.2, -0.15) is 10.5 Å². The highest BCUT2D eigenvalue weighted by Gasteiger charge is 2.39. The Bertz CT molecular complexity index is 356. The van der Waals surface area contributed by atoms with Gasteiger partial charge in [0.1, 0.15) is 0 Å². The minimum atomic E-state index is -1.77. The van der Waals surface area contributed by atoms with Gasteiger partial charge in [-0.25, -0.2) is 22.8 Å². The van der Waals surface area contributed by atoms with Crippen molar-refractivity contribution < 1.29 is 9.59 Å². The fourth-order valence-corrected chi connectivity index (χ4v) is 0.562. The fraction of sp³-hybridized carbons (Fsp3) is 0.250. The molecule has 0 atom stereocenters. The largest absolute Gasteiger partial charge is 0.543 e. The predicted molar refractivity (Wildman–Crippen MR) is 41.7 cm³/mol. The first kappa shape index (κ1) is 11.3. The van der Waals surface area contributed by atoms with Gasteiger partial charge in [-0.1, -0.05) is 0 Å². The lowest BCUT2D eigenvalue weighted by molar-refractivity contribution is -0.136. The normalized spacial score (nSPS) is 8.14. The van der Waals surface area contributed by atoms with Crippen LogP contribution in [0.3, 0.4) is 0 Å². The van der Waals surface area contributed by atoms with E-state index in [1.54, 1.807) is 0 Å². The molecule has 0 fully saturated rings. The number of carbonyl (C=O) groups is 2. The Morgan fingerprint density at radius 3 is 1.79 bits per heavy atom. The summed E-state index contributed by atoms with van der Waals surface area (Å²) in [5.41, 5.74) is 0. The number of hydrogen-bond donors (Lipinski definition) is 0. The molecule has 14 heavy (non-hydrogen) atoms. The van der Waals surface area contributed by atoms with Crippen molar-refractivity contribution in [2.45, 2.75) is 6.17 Å². The lowest BCUT2D eigenvalue weighted by Gasteiger charge is -1.93. The topological polar surface area (TPSA) is 90.4 Å². The fourth-order valence-electron chi connectivity index (χ4n) is 0.562. The van der Waals surface area contributed by atoms with Crippen LogP contribution in [-0.4, -0.2) is 17.7 Å². The Balaban J connectivity index is 4.87. The number of Topliss-reactive ketones (excluding diaryl/α,β-unsaturated/α-hetero) is 2. The average Bonchev–Trinajstić information content (AvgIpc) is 2.21. The van der Waals surface area contributed by atoms with E-state index >= 15 is 0 Å². The Morgan fingerprint density at radius 1 is 1.07 bits per heavy atom. The number of rotatable bonds is 3. The lowest BCUT2D eigenvalue weighted by Crippen LogP contribution is -2.28. The van der Waals surface area contributed by atoms with Crippen LogP contribution in [0.2, 0.25) is 0 Å². The summed E-state index contributed by atoms with van der Waals surface area (Å²) in [6.07, 6.45) is -1.77. The molecular weight excluding hydrogens is 184 g/mol. The van der Waals surface area contributed by atoms with Crippen LogP contribution in [0.4, 0.5) is 0 Å². The molecule has 0 heterocycles. The molecule has 0 unspecified atom stereocenters. The summed E-state index contributed by atoms with van der Waals surface area (Å²) in [5, 5.41) is 16.5. The van der Waals surface area contributed by atoms with Gasteiger partial charge < -0.3 is 0 Å². The standard InChI is InChI=1S/C8H2N4O2/c1-11-8(12-2)7(14)6(13)5(3-9)4-10/h5,8H. The molecule has 66 valence electrons. The van der Waals surface area contributed by atoms with Gasteiger partial charge in [0.2, 0.25) is 5.78 Å². The molecule has 6 heteroatoms. The third-order valence-electron chi connectivity index (χ3n) is 1.24. The summed E-state index contributed by atoms with van der Waals surface area (Å²) in [5.74, 6) is -4.33. The van der Waals surface area contributed by atoms with Gasteiger partial charge in [-0.3, -0.25) is 9.59 Å². The van der Waals surface area contributed by atoms with Crippen molar-refractivity contribution in [3.05, 3.63) is 22.8 Å². The van der Waals surface area contributed by atoms with Crippen molar-refractivity contribution in [3.8, 4) is 12.1 Å². The van der Waals surface area contributed by atoms with Gasteiger partial charge in [-0.15, -0.1) is 0 Å². The molecule has 0 aliphatic heterocycles. The monoisotopic (exact) mass is 186 g/mol. The van der Waals surface area contributed by atoms with Crippen LogP contribution in [0, 0.1) is 41.7 Å². The van der Waals surface area contributed by atoms with Crippen molar-refractivity contribution in [2.24, 2.45) is 5.92 Å². The maximum Gasteiger partial charge on any atom is 0.543 e. The molecule has 0 aromatic rings. The highest BCUT2D eigenvalue weighted by molar-refractivity contribution is 6.41. The third-order valence-corrected chi connectivity index (χ3v) is 1.24. The van der Waals surface area contributed by atoms with E-state index in [0.717, 1.165) is 0 Å². The molecule has 0 saturated heterocycles. The predicted octanol–water partition coefficient (Wildman–Crippen LogP) is -0.0474. The van der Waals surface area contributed by atoms with Crippen LogP contribution < -0.4 is 0 Å². The molecular formula is C8H2N4O2. The van der Waals surface area contributed by atoms with E-state index in [9.17, 15) is 9.59 Å². The van der Waals surface area contributed by atoms with Crippen molar-refractivity contribution in [1.29, 1.82) is 10.5 Å². The highest BCUT2D eigenvalue weighted by Crippen LogP contribution is 2.03. The van der Waals surface area contributed by atoms with E-state index in [1.165, 1.54) is 12.1 Å². The first-order chi connectivity index (χ1) is 6.62. The van der Waals surface area contributed by atoms with Crippen molar-refractivity contribution in [1.82, 2.24) is 0 Å². The van der Waals surface area contributed by atoms with Gasteiger partial charge >= 0.3 is 11.9 Å². The van der Waals surface area contributed by atoms with Crippen LogP contribution in [-0.2, 0) is 9.59 Å². The highest BCUT2D eigenvalue weighted by atomic mass is 16.2. The second kappa shape index (κ2) is 5.04. The lowest BCUT2D eigenvalue weighted by atomic mass is 10.0. The van der Waals surface area contributed by atoms with Crippen molar-refractivity contribution in [3.63, 3.8) is 0 Å². The molecule has 6 nitrogen and oxygen atoms in total. The minimum Gasteiger partial charge on any atom is -0.287 e. The van der Waals surface area contributed by atoms with Gasteiger partial charge in [0.25, 0.3) is 0 Å². The second-order valence-corrected chi connectivity index (χ2v) is 2.05. The number of carbonyl (C=O) groups excluding carboxylic acids is 2. The first-order valence-electron chi connectivity index (χ1n) is 3.22. The molecule has 0 saturated carbocycles. The van der Waals surface area contributed by atoms with Crippen LogP contribution in [0.25, 0.3) is 9.69 Å². The second-order valence-electron chi connectivity index (χ2n) is 2.05. The SMILES string of the molecule is [C-]#[N+]C([N+]#[C-])C(=O)C(=O)C(C#N)C#N. The van der Waals surface area contributed by atoms with Crippen LogP contribution in [0.15, 0.2) is 0 Å². The zero-order valence-corrected chi connectivity index (χ0v) is 6.76. The molecule has 0 rings (SSSR count). The van der Waals surface area contributed by atoms with Gasteiger partial charge in [0, 0.05) is 0 Å². The third kappa shape index (κ3) is 2.14. The molecule has 0 N–H and O–H groups in total. The number of nitrogens with zero attached hydrogens (tertiary/aromatic N) is 4. The van der Waals surface area contributed by atoms with Gasteiger partial charge in [0.05, 0.1) is 12.1 Å². The minimum absolute atomic E-state index is 1.30. The van der Waals surface area contributed by atoms with Crippen LogP contribution in [0.5, 0.6) is 0 Å². The van der Waals surface area contributed by atoms with E-state index < -0.39 is 23.7 Å². The van der Waals surface area contributed by atoms with Gasteiger partial charge in [-0.05, 0) is 0 Å². The number of ketones is 2. The van der Waals surface area contributed by atoms with Gasteiger partial charge in [0.15, 0.2) is 5.92 Å². The maximum atomic E-state index is 11.0. The molecule has 0 aromatic heterocycles. The summed E-state index contributed by atoms with van der Waals surface area (Å²) < 4.78 is 0. The molecule has 0 amide bonds. The molecule has 0 radical (unpaired) electrons. The van der Waals surface area contributed by atoms with E-state index in [0.29, 0.717) is 0 Å². The number of nitriles is 2.